The van der Waals surface area contributed by atoms with Crippen LogP contribution in [0.4, 0.5) is 0 Å². The fraction of sp³-hybridized carbons (Fsp3) is 0.542. The molecule has 8 nitrogen and oxygen atoms in total. The van der Waals surface area contributed by atoms with Crippen molar-refractivity contribution in [1.29, 1.82) is 0 Å². The van der Waals surface area contributed by atoms with Crippen LogP contribution in [-0.2, 0) is 14.2 Å². The molecule has 1 aromatic carbocycles. The average molecular weight is 448 g/mol. The quantitative estimate of drug-likeness (QED) is 0.541. The van der Waals surface area contributed by atoms with Crippen molar-refractivity contribution in [3.63, 3.8) is 0 Å². The van der Waals surface area contributed by atoms with Gasteiger partial charge in [0.25, 0.3) is 5.91 Å². The van der Waals surface area contributed by atoms with Crippen molar-refractivity contribution in [3.05, 3.63) is 41.5 Å². The predicted molar refractivity (Wildman–Crippen MR) is 120 cm³/mol. The van der Waals surface area contributed by atoms with E-state index in [9.17, 15) is 9.90 Å². The van der Waals surface area contributed by atoms with Crippen molar-refractivity contribution >= 4 is 12.0 Å². The summed E-state index contributed by atoms with van der Waals surface area (Å²) in [5, 5.41) is 13.7. The van der Waals surface area contributed by atoms with Gasteiger partial charge in [-0.05, 0) is 45.2 Å². The van der Waals surface area contributed by atoms with Crippen LogP contribution < -0.4 is 14.8 Å². The molecule has 176 valence electrons. The van der Waals surface area contributed by atoms with Crippen molar-refractivity contribution in [2.75, 3.05) is 21.0 Å². The maximum Gasteiger partial charge on any atom is 0.255 e. The molecule has 0 radical (unpaired) electrons. The zero-order chi connectivity index (χ0) is 23.3. The normalized spacial score (nSPS) is 29.8. The van der Waals surface area contributed by atoms with E-state index in [0.717, 1.165) is 0 Å². The largest absolute Gasteiger partial charge is 0.497 e. The van der Waals surface area contributed by atoms with E-state index in [0.29, 0.717) is 35.5 Å². The van der Waals surface area contributed by atoms with Gasteiger partial charge in [0.15, 0.2) is 12.6 Å². The first-order valence-electron chi connectivity index (χ1n) is 10.8. The fourth-order valence-electron chi connectivity index (χ4n) is 3.89. The monoisotopic (exact) mass is 447 g/mol. The van der Waals surface area contributed by atoms with Crippen LogP contribution in [0, 0.1) is 0 Å². The number of aliphatic hydroxyl groups is 1. The lowest BCUT2D eigenvalue weighted by Crippen LogP contribution is -2.35. The lowest BCUT2D eigenvalue weighted by atomic mass is 10.00. The first-order chi connectivity index (χ1) is 15.2. The number of fused-ring (bicyclic) bond motifs is 2. The fourth-order valence-corrected chi connectivity index (χ4v) is 3.89. The van der Waals surface area contributed by atoms with E-state index in [4.69, 9.17) is 23.7 Å². The highest BCUT2D eigenvalue weighted by Crippen LogP contribution is 2.34. The van der Waals surface area contributed by atoms with Gasteiger partial charge < -0.3 is 34.1 Å². The van der Waals surface area contributed by atoms with Crippen LogP contribution in [0.15, 0.2) is 30.4 Å². The van der Waals surface area contributed by atoms with E-state index in [1.807, 2.05) is 39.0 Å². The molecule has 0 bridgehead atoms. The topological polar surface area (TPSA) is 95.5 Å². The number of carbonyl (C=O) groups excluding carboxylic acids is 1. The summed E-state index contributed by atoms with van der Waals surface area (Å²) in [7, 11) is 3.07. The van der Waals surface area contributed by atoms with Gasteiger partial charge in [-0.25, -0.2) is 0 Å². The number of ether oxygens (including phenoxy) is 5. The summed E-state index contributed by atoms with van der Waals surface area (Å²) in [6.45, 7) is 5.56. The van der Waals surface area contributed by atoms with Gasteiger partial charge in [-0.15, -0.1) is 0 Å². The Morgan fingerprint density at radius 2 is 1.97 bits per heavy atom. The standard InChI is InChI=1S/C24H33NO7/c1-15-8-6-10-18(26)22-19(31-24(2,3)32-22)11-7-9-16-12-17(29-5)13-20(30-14-28-4)21(16)23(27)25-15/h6-7,9-10,12-13,15,18-19,22,26H,8,11,14H2,1-5H3,(H,25,27)/b9-7+,10-6-/t15?,18?,19-,22?/m1/s1. The minimum absolute atomic E-state index is 0.00318. The minimum atomic E-state index is -0.817. The van der Waals surface area contributed by atoms with Gasteiger partial charge in [0, 0.05) is 19.2 Å². The van der Waals surface area contributed by atoms with E-state index in [1.165, 1.54) is 7.11 Å². The van der Waals surface area contributed by atoms with Crippen LogP contribution in [0.25, 0.3) is 6.08 Å². The van der Waals surface area contributed by atoms with Crippen molar-refractivity contribution in [1.82, 2.24) is 5.32 Å². The van der Waals surface area contributed by atoms with Crippen LogP contribution in [0.2, 0.25) is 0 Å². The summed E-state index contributed by atoms with van der Waals surface area (Å²) in [6, 6.07) is 3.28. The molecule has 1 fully saturated rings. The molecule has 2 aliphatic heterocycles. The average Bonchev–Trinajstić information content (AvgIpc) is 3.05. The lowest BCUT2D eigenvalue weighted by molar-refractivity contribution is -0.152. The molecule has 4 atom stereocenters. The van der Waals surface area contributed by atoms with E-state index < -0.39 is 18.0 Å². The lowest BCUT2D eigenvalue weighted by Gasteiger charge is -2.21. The number of rotatable bonds is 4. The Hall–Kier alpha value is -2.39. The molecule has 8 heteroatoms. The third-order valence-electron chi connectivity index (χ3n) is 5.33. The number of nitrogens with one attached hydrogen (secondary N) is 1. The summed E-state index contributed by atoms with van der Waals surface area (Å²) in [5.41, 5.74) is 1.04. The second-order valence-electron chi connectivity index (χ2n) is 8.45. The number of aliphatic hydroxyl groups excluding tert-OH is 1. The molecule has 0 aromatic heterocycles. The third-order valence-corrected chi connectivity index (χ3v) is 5.33. The van der Waals surface area contributed by atoms with Crippen molar-refractivity contribution in [2.45, 2.75) is 63.8 Å². The summed E-state index contributed by atoms with van der Waals surface area (Å²) in [4.78, 5) is 13.2. The maximum absolute atomic E-state index is 13.2. The first-order valence-corrected chi connectivity index (χ1v) is 10.8. The second kappa shape index (κ2) is 10.5. The van der Waals surface area contributed by atoms with Gasteiger partial charge in [-0.1, -0.05) is 24.3 Å². The van der Waals surface area contributed by atoms with Crippen LogP contribution >= 0.6 is 0 Å². The Kier molecular flexibility index (Phi) is 7.95. The zero-order valence-corrected chi connectivity index (χ0v) is 19.3. The molecule has 1 saturated heterocycles. The number of hydrogen-bond acceptors (Lipinski definition) is 7. The Balaban J connectivity index is 2.02. The Morgan fingerprint density at radius 1 is 1.19 bits per heavy atom. The van der Waals surface area contributed by atoms with Gasteiger partial charge in [0.1, 0.15) is 23.7 Å². The summed E-state index contributed by atoms with van der Waals surface area (Å²) >= 11 is 0. The van der Waals surface area contributed by atoms with E-state index in [2.05, 4.69) is 5.32 Å². The summed E-state index contributed by atoms with van der Waals surface area (Å²) in [6.07, 6.45) is 6.66. The highest BCUT2D eigenvalue weighted by Gasteiger charge is 2.43. The van der Waals surface area contributed by atoms with Gasteiger partial charge in [0.2, 0.25) is 0 Å². The molecule has 3 rings (SSSR count). The highest BCUT2D eigenvalue weighted by atomic mass is 16.8. The SMILES string of the molecule is COCOc1cc(OC)cc2c1C(=O)NC(C)C/C=C\C(O)C1OC(C)(C)O[C@@H]1C/C=C/2. The number of hydrogen-bond donors (Lipinski definition) is 2. The Labute approximate surface area is 189 Å². The highest BCUT2D eigenvalue weighted by molar-refractivity contribution is 6.01. The molecule has 0 saturated carbocycles. The molecule has 32 heavy (non-hydrogen) atoms. The van der Waals surface area contributed by atoms with Gasteiger partial charge in [0.05, 0.1) is 18.8 Å². The van der Waals surface area contributed by atoms with E-state index >= 15 is 0 Å². The second-order valence-corrected chi connectivity index (χ2v) is 8.45. The zero-order valence-electron chi connectivity index (χ0n) is 19.3. The van der Waals surface area contributed by atoms with Crippen LogP contribution in [0.3, 0.4) is 0 Å². The van der Waals surface area contributed by atoms with Crippen molar-refractivity contribution in [2.24, 2.45) is 0 Å². The summed E-state index contributed by atoms with van der Waals surface area (Å²) in [5.74, 6) is -0.136. The molecule has 2 aliphatic rings. The molecular weight excluding hydrogens is 414 g/mol. The molecule has 0 aliphatic carbocycles. The van der Waals surface area contributed by atoms with Crippen molar-refractivity contribution in [3.8, 4) is 11.5 Å². The van der Waals surface area contributed by atoms with E-state index in [-0.39, 0.29) is 24.8 Å². The third kappa shape index (κ3) is 5.89. The molecule has 2 heterocycles. The van der Waals surface area contributed by atoms with Crippen molar-refractivity contribution < 1.29 is 33.6 Å². The smallest absolute Gasteiger partial charge is 0.255 e. The predicted octanol–water partition coefficient (Wildman–Crippen LogP) is 3.04. The maximum atomic E-state index is 13.2. The molecule has 3 unspecified atom stereocenters. The molecular formula is C24H33NO7. The van der Waals surface area contributed by atoms with Gasteiger partial charge >= 0.3 is 0 Å². The Bertz CT molecular complexity index is 864. The van der Waals surface area contributed by atoms with Crippen LogP contribution in [0.5, 0.6) is 11.5 Å². The molecule has 0 spiro atoms. The summed E-state index contributed by atoms with van der Waals surface area (Å²) < 4.78 is 28.1. The van der Waals surface area contributed by atoms with E-state index in [1.54, 1.807) is 25.3 Å². The van der Waals surface area contributed by atoms with Crippen LogP contribution in [0.1, 0.15) is 49.5 Å². The first kappa shape index (κ1) is 24.3. The minimum Gasteiger partial charge on any atom is -0.497 e. The van der Waals surface area contributed by atoms with Crippen LogP contribution in [-0.4, -0.2) is 62.2 Å². The molecule has 2 N–H and O–H groups in total. The molecule has 1 amide bonds. The number of amides is 1. The molecule has 1 aromatic rings. The Morgan fingerprint density at radius 3 is 2.69 bits per heavy atom. The number of benzene rings is 1. The van der Waals surface area contributed by atoms with Gasteiger partial charge in [-0.3, -0.25) is 4.79 Å². The number of carbonyl (C=O) groups is 1. The number of methoxy groups -OCH3 is 2. The van der Waals surface area contributed by atoms with Gasteiger partial charge in [-0.2, -0.15) is 0 Å².